The minimum atomic E-state index is -0.186. The summed E-state index contributed by atoms with van der Waals surface area (Å²) in [5, 5.41) is 3.57. The maximum atomic E-state index is 13.5. The first-order valence-corrected chi connectivity index (χ1v) is 9.49. The Balaban J connectivity index is 1.67. The molecule has 0 saturated carbocycles. The van der Waals surface area contributed by atoms with Crippen molar-refractivity contribution in [1.29, 1.82) is 0 Å². The van der Waals surface area contributed by atoms with Crippen molar-refractivity contribution in [2.24, 2.45) is 0 Å². The first kappa shape index (κ1) is 19.5. The van der Waals surface area contributed by atoms with Gasteiger partial charge in [0.1, 0.15) is 17.5 Å². The predicted molar refractivity (Wildman–Crippen MR) is 107 cm³/mol. The summed E-state index contributed by atoms with van der Waals surface area (Å²) < 4.78 is 18.7. The highest BCUT2D eigenvalue weighted by atomic mass is 19.1. The fraction of sp³-hybridized carbons (Fsp3) is 0.524. The summed E-state index contributed by atoms with van der Waals surface area (Å²) in [5.74, 6) is 1.48. The maximum Gasteiger partial charge on any atom is 0.136 e. The fourth-order valence-electron chi connectivity index (χ4n) is 3.29. The molecule has 1 saturated heterocycles. The van der Waals surface area contributed by atoms with Gasteiger partial charge in [-0.2, -0.15) is 0 Å². The van der Waals surface area contributed by atoms with Crippen molar-refractivity contribution in [3.63, 3.8) is 0 Å². The van der Waals surface area contributed by atoms with Gasteiger partial charge in [-0.15, -0.1) is 0 Å². The topological polar surface area (TPSA) is 50.3 Å². The van der Waals surface area contributed by atoms with E-state index in [0.29, 0.717) is 12.6 Å². The molecule has 0 spiro atoms. The third kappa shape index (κ3) is 5.16. The summed E-state index contributed by atoms with van der Waals surface area (Å²) in [5.41, 5.74) is 1.71. The van der Waals surface area contributed by atoms with Crippen LogP contribution in [-0.4, -0.2) is 36.2 Å². The normalized spacial score (nSPS) is 15.8. The van der Waals surface area contributed by atoms with Gasteiger partial charge in [-0.05, 0) is 31.0 Å². The second kappa shape index (κ2) is 8.21. The largest absolute Gasteiger partial charge is 0.378 e. The summed E-state index contributed by atoms with van der Waals surface area (Å²) in [6.07, 6.45) is 1.95. The van der Waals surface area contributed by atoms with Crippen molar-refractivity contribution in [2.75, 3.05) is 30.4 Å². The molecule has 1 aromatic carbocycles. The van der Waals surface area contributed by atoms with Crippen LogP contribution in [0.1, 0.15) is 45.1 Å². The summed E-state index contributed by atoms with van der Waals surface area (Å²) in [7, 11) is 1.67. The quantitative estimate of drug-likeness (QED) is 0.855. The number of rotatable bonds is 5. The highest BCUT2D eigenvalue weighted by Crippen LogP contribution is 2.24. The van der Waals surface area contributed by atoms with Crippen LogP contribution < -0.4 is 10.2 Å². The third-order valence-electron chi connectivity index (χ3n) is 4.76. The SMILES string of the molecule is COCc1cc(NC2CCN(c3cccc(F)c3)CC2)nc(C(C)(C)C)n1. The van der Waals surface area contributed by atoms with Crippen LogP contribution in [0, 0.1) is 5.82 Å². The lowest BCUT2D eigenvalue weighted by Crippen LogP contribution is -2.39. The average molecular weight is 372 g/mol. The van der Waals surface area contributed by atoms with Gasteiger partial charge < -0.3 is 15.0 Å². The molecule has 1 aliphatic rings. The molecule has 0 atom stereocenters. The average Bonchev–Trinajstić information content (AvgIpc) is 2.62. The van der Waals surface area contributed by atoms with E-state index in [9.17, 15) is 4.39 Å². The number of nitrogens with zero attached hydrogens (tertiary/aromatic N) is 3. The van der Waals surface area contributed by atoms with Crippen molar-refractivity contribution < 1.29 is 9.13 Å². The lowest BCUT2D eigenvalue weighted by molar-refractivity contribution is 0.181. The lowest BCUT2D eigenvalue weighted by atomic mass is 9.95. The van der Waals surface area contributed by atoms with Crippen molar-refractivity contribution in [1.82, 2.24) is 9.97 Å². The summed E-state index contributed by atoms with van der Waals surface area (Å²) in [4.78, 5) is 11.6. The Hall–Kier alpha value is -2.21. The van der Waals surface area contributed by atoms with Crippen molar-refractivity contribution in [2.45, 2.75) is 51.7 Å². The molecule has 1 N–H and O–H groups in total. The number of halogens is 1. The van der Waals surface area contributed by atoms with Gasteiger partial charge in [0.15, 0.2) is 0 Å². The molecular weight excluding hydrogens is 343 g/mol. The number of piperidine rings is 1. The van der Waals surface area contributed by atoms with Crippen LogP contribution in [0.4, 0.5) is 15.9 Å². The molecule has 146 valence electrons. The molecule has 1 aromatic heterocycles. The van der Waals surface area contributed by atoms with Crippen LogP contribution in [0.2, 0.25) is 0 Å². The monoisotopic (exact) mass is 372 g/mol. The Kier molecular flexibility index (Phi) is 5.95. The van der Waals surface area contributed by atoms with E-state index in [1.807, 2.05) is 12.1 Å². The number of methoxy groups -OCH3 is 1. The van der Waals surface area contributed by atoms with Gasteiger partial charge in [-0.25, -0.2) is 14.4 Å². The first-order valence-electron chi connectivity index (χ1n) is 9.49. The second-order valence-electron chi connectivity index (χ2n) is 8.14. The third-order valence-corrected chi connectivity index (χ3v) is 4.76. The molecule has 2 heterocycles. The van der Waals surface area contributed by atoms with Gasteiger partial charge in [0.2, 0.25) is 0 Å². The number of nitrogens with one attached hydrogen (secondary N) is 1. The zero-order valence-electron chi connectivity index (χ0n) is 16.6. The van der Waals surface area contributed by atoms with Crippen molar-refractivity contribution >= 4 is 11.5 Å². The highest BCUT2D eigenvalue weighted by molar-refractivity contribution is 5.47. The highest BCUT2D eigenvalue weighted by Gasteiger charge is 2.22. The van der Waals surface area contributed by atoms with Crippen LogP contribution in [-0.2, 0) is 16.8 Å². The van der Waals surface area contributed by atoms with Crippen LogP contribution in [0.25, 0.3) is 0 Å². The zero-order chi connectivity index (χ0) is 19.4. The van der Waals surface area contributed by atoms with E-state index in [0.717, 1.165) is 49.0 Å². The van der Waals surface area contributed by atoms with E-state index in [1.54, 1.807) is 19.2 Å². The van der Waals surface area contributed by atoms with E-state index in [1.165, 1.54) is 6.07 Å². The molecule has 2 aromatic rings. The van der Waals surface area contributed by atoms with E-state index >= 15 is 0 Å². The number of aromatic nitrogens is 2. The molecular formula is C21H29FN4O. The molecule has 6 heteroatoms. The molecule has 0 radical (unpaired) electrons. The van der Waals surface area contributed by atoms with E-state index in [4.69, 9.17) is 9.72 Å². The second-order valence-corrected chi connectivity index (χ2v) is 8.14. The number of hydrogen-bond acceptors (Lipinski definition) is 5. The summed E-state index contributed by atoms with van der Waals surface area (Å²) in [6, 6.07) is 9.13. The fourth-order valence-corrected chi connectivity index (χ4v) is 3.29. The smallest absolute Gasteiger partial charge is 0.136 e. The Morgan fingerprint density at radius 1 is 1.19 bits per heavy atom. The summed E-state index contributed by atoms with van der Waals surface area (Å²) in [6.45, 7) is 8.59. The van der Waals surface area contributed by atoms with E-state index in [2.05, 4.69) is 36.0 Å². The molecule has 0 unspecified atom stereocenters. The van der Waals surface area contributed by atoms with Gasteiger partial charge in [0.05, 0.1) is 12.3 Å². The van der Waals surface area contributed by atoms with E-state index < -0.39 is 0 Å². The molecule has 1 fully saturated rings. The van der Waals surface area contributed by atoms with Gasteiger partial charge >= 0.3 is 0 Å². The lowest BCUT2D eigenvalue weighted by Gasteiger charge is -2.34. The molecule has 0 amide bonds. The van der Waals surface area contributed by atoms with Gasteiger partial charge in [-0.1, -0.05) is 26.8 Å². The first-order chi connectivity index (χ1) is 12.8. The van der Waals surface area contributed by atoms with Gasteiger partial charge in [0.25, 0.3) is 0 Å². The zero-order valence-corrected chi connectivity index (χ0v) is 16.6. The maximum absolute atomic E-state index is 13.5. The minimum Gasteiger partial charge on any atom is -0.378 e. The Morgan fingerprint density at radius 3 is 2.56 bits per heavy atom. The number of ether oxygens (including phenoxy) is 1. The molecule has 5 nitrogen and oxygen atoms in total. The molecule has 27 heavy (non-hydrogen) atoms. The molecule has 0 aliphatic carbocycles. The van der Waals surface area contributed by atoms with Crippen molar-refractivity contribution in [3.05, 3.63) is 47.7 Å². The molecule has 1 aliphatic heterocycles. The van der Waals surface area contributed by atoms with E-state index in [-0.39, 0.29) is 11.2 Å². The molecule has 0 bridgehead atoms. The Labute approximate surface area is 161 Å². The number of anilines is 2. The van der Waals surface area contributed by atoms with Gasteiger partial charge in [-0.3, -0.25) is 0 Å². The summed E-state index contributed by atoms with van der Waals surface area (Å²) >= 11 is 0. The van der Waals surface area contributed by atoms with Crippen LogP contribution in [0.15, 0.2) is 30.3 Å². The minimum absolute atomic E-state index is 0.124. The van der Waals surface area contributed by atoms with Crippen LogP contribution >= 0.6 is 0 Å². The molecule has 3 rings (SSSR count). The number of hydrogen-bond donors (Lipinski definition) is 1. The van der Waals surface area contributed by atoms with Gasteiger partial charge in [0, 0.05) is 43.4 Å². The Morgan fingerprint density at radius 2 is 1.93 bits per heavy atom. The van der Waals surface area contributed by atoms with Crippen LogP contribution in [0.5, 0.6) is 0 Å². The Bertz CT molecular complexity index is 767. The predicted octanol–water partition coefficient (Wildman–Crippen LogP) is 4.14. The number of benzene rings is 1. The van der Waals surface area contributed by atoms with Crippen LogP contribution in [0.3, 0.4) is 0 Å². The van der Waals surface area contributed by atoms with Crippen molar-refractivity contribution in [3.8, 4) is 0 Å². The standard InChI is InChI=1S/C21H29FN4O/c1-21(2,3)20-24-17(14-27-4)13-19(25-20)23-16-8-10-26(11-9-16)18-7-5-6-15(22)12-18/h5-7,12-13,16H,8-11,14H2,1-4H3,(H,23,24,25).